The number of rotatable bonds is 5. The van der Waals surface area contributed by atoms with Crippen molar-refractivity contribution in [3.05, 3.63) is 93.5 Å². The molecule has 3 aromatic carbocycles. The second-order valence-corrected chi connectivity index (χ2v) is 8.18. The number of nitro groups is 1. The molecule has 1 atom stereocenters. The number of imide groups is 1. The molecule has 1 unspecified atom stereocenters. The summed E-state index contributed by atoms with van der Waals surface area (Å²) in [4.78, 5) is 52.0. The van der Waals surface area contributed by atoms with Crippen LogP contribution in [0.2, 0.25) is 0 Å². The molecular formula is C25H20N4O5. The third-order valence-electron chi connectivity index (χ3n) is 6.22. The van der Waals surface area contributed by atoms with Crippen LogP contribution in [0, 0.1) is 10.1 Å². The van der Waals surface area contributed by atoms with Crippen molar-refractivity contribution in [1.29, 1.82) is 0 Å². The molecule has 34 heavy (non-hydrogen) atoms. The van der Waals surface area contributed by atoms with Crippen LogP contribution in [0.25, 0.3) is 0 Å². The number of para-hydroxylation sites is 1. The largest absolute Gasteiger partial charge is 0.341 e. The Morgan fingerprint density at radius 1 is 1.00 bits per heavy atom. The van der Waals surface area contributed by atoms with Crippen LogP contribution < -0.4 is 10.2 Å². The Labute approximate surface area is 194 Å². The van der Waals surface area contributed by atoms with Gasteiger partial charge in [-0.3, -0.25) is 29.4 Å². The number of nitrogens with zero attached hydrogens (tertiary/aromatic N) is 3. The molecular weight excluding hydrogens is 436 g/mol. The molecule has 0 saturated carbocycles. The highest BCUT2D eigenvalue weighted by atomic mass is 16.6. The van der Waals surface area contributed by atoms with Crippen molar-refractivity contribution in [1.82, 2.24) is 4.90 Å². The van der Waals surface area contributed by atoms with Gasteiger partial charge in [0.15, 0.2) is 0 Å². The number of hydrogen-bond donors (Lipinski definition) is 1. The third-order valence-corrected chi connectivity index (χ3v) is 6.22. The first-order chi connectivity index (χ1) is 16.4. The molecule has 1 N–H and O–H groups in total. The highest BCUT2D eigenvalue weighted by Gasteiger charge is 2.44. The van der Waals surface area contributed by atoms with Gasteiger partial charge in [-0.2, -0.15) is 0 Å². The molecule has 2 aliphatic heterocycles. The normalized spacial score (nSPS) is 15.2. The molecule has 9 heteroatoms. The van der Waals surface area contributed by atoms with Crippen LogP contribution in [0.5, 0.6) is 0 Å². The molecule has 0 aromatic heterocycles. The summed E-state index contributed by atoms with van der Waals surface area (Å²) in [6.45, 7) is 2.28. The number of anilines is 3. The van der Waals surface area contributed by atoms with Crippen molar-refractivity contribution in [3.8, 4) is 0 Å². The van der Waals surface area contributed by atoms with Crippen LogP contribution in [-0.4, -0.2) is 40.1 Å². The molecule has 0 saturated heterocycles. The van der Waals surface area contributed by atoms with E-state index in [1.54, 1.807) is 12.1 Å². The second kappa shape index (κ2) is 8.11. The monoisotopic (exact) mass is 456 g/mol. The summed E-state index contributed by atoms with van der Waals surface area (Å²) in [6.07, 6.45) is 0.963. The second-order valence-electron chi connectivity index (χ2n) is 8.18. The Hall–Kier alpha value is -4.53. The van der Waals surface area contributed by atoms with Crippen LogP contribution in [0.3, 0.4) is 0 Å². The van der Waals surface area contributed by atoms with Gasteiger partial charge in [-0.15, -0.1) is 0 Å². The zero-order chi connectivity index (χ0) is 24.0. The van der Waals surface area contributed by atoms with E-state index in [2.05, 4.69) is 22.3 Å². The smallest absolute Gasteiger partial charge is 0.282 e. The van der Waals surface area contributed by atoms with Gasteiger partial charge in [0.25, 0.3) is 17.5 Å². The lowest BCUT2D eigenvalue weighted by Gasteiger charge is -2.22. The Morgan fingerprint density at radius 3 is 2.47 bits per heavy atom. The van der Waals surface area contributed by atoms with Crippen LogP contribution in [0.1, 0.15) is 33.2 Å². The predicted molar refractivity (Wildman–Crippen MR) is 125 cm³/mol. The van der Waals surface area contributed by atoms with Crippen molar-refractivity contribution in [2.24, 2.45) is 0 Å². The first kappa shape index (κ1) is 21.3. The van der Waals surface area contributed by atoms with Gasteiger partial charge in [-0.05, 0) is 55.3 Å². The number of nitrogens with one attached hydrogen (secondary N) is 1. The minimum absolute atomic E-state index is 0.0749. The van der Waals surface area contributed by atoms with Crippen LogP contribution >= 0.6 is 0 Å². The maximum Gasteiger partial charge on any atom is 0.282 e. The van der Waals surface area contributed by atoms with E-state index in [-0.39, 0.29) is 11.1 Å². The van der Waals surface area contributed by atoms with Crippen molar-refractivity contribution < 1.29 is 19.3 Å². The number of hydrogen-bond acceptors (Lipinski definition) is 6. The topological polar surface area (TPSA) is 113 Å². The van der Waals surface area contributed by atoms with Crippen LogP contribution in [0.15, 0.2) is 66.7 Å². The number of fused-ring (bicyclic) bond motifs is 2. The van der Waals surface area contributed by atoms with Gasteiger partial charge in [0, 0.05) is 29.7 Å². The van der Waals surface area contributed by atoms with Gasteiger partial charge < -0.3 is 10.2 Å². The Bertz CT molecular complexity index is 1350. The summed E-state index contributed by atoms with van der Waals surface area (Å²) in [5.74, 6) is -2.15. The fourth-order valence-corrected chi connectivity index (χ4v) is 4.48. The summed E-state index contributed by atoms with van der Waals surface area (Å²) in [7, 11) is 0. The number of benzene rings is 3. The number of carbonyl (C=O) groups excluding carboxylic acids is 3. The molecule has 2 aliphatic rings. The molecule has 0 bridgehead atoms. The molecule has 2 heterocycles. The van der Waals surface area contributed by atoms with Crippen LogP contribution in [-0.2, 0) is 11.2 Å². The average Bonchev–Trinajstić information content (AvgIpc) is 3.38. The van der Waals surface area contributed by atoms with Crippen LogP contribution in [0.4, 0.5) is 22.7 Å². The van der Waals surface area contributed by atoms with E-state index in [0.717, 1.165) is 29.2 Å². The van der Waals surface area contributed by atoms with E-state index in [1.807, 2.05) is 24.3 Å². The lowest BCUT2D eigenvalue weighted by Crippen LogP contribution is -2.45. The summed E-state index contributed by atoms with van der Waals surface area (Å²) < 4.78 is 0. The molecule has 3 amide bonds. The average molecular weight is 456 g/mol. The number of amides is 3. The molecule has 3 aromatic rings. The Balaban J connectivity index is 1.31. The van der Waals surface area contributed by atoms with E-state index < -0.39 is 34.4 Å². The minimum Gasteiger partial charge on any atom is -0.341 e. The molecule has 170 valence electrons. The standard InChI is InChI=1S/C25H20N4O5/c1-15(28-24(31)19-6-4-8-21(29(33)34)22(19)25(28)32)23(30)26-17-9-11-18(12-10-17)27-14-13-16-5-2-3-7-20(16)27/h2-12,15H,13-14H2,1H3,(H,26,30). The Kier molecular flexibility index (Phi) is 5.09. The maximum absolute atomic E-state index is 12.9. The summed E-state index contributed by atoms with van der Waals surface area (Å²) in [5.41, 5.74) is 3.13. The first-order valence-corrected chi connectivity index (χ1v) is 10.8. The van der Waals surface area contributed by atoms with Crippen molar-refractivity contribution in [3.63, 3.8) is 0 Å². The number of nitro benzene ring substituents is 1. The molecule has 9 nitrogen and oxygen atoms in total. The zero-order valence-electron chi connectivity index (χ0n) is 18.2. The lowest BCUT2D eigenvalue weighted by molar-refractivity contribution is -0.385. The number of carbonyl (C=O) groups is 3. The maximum atomic E-state index is 12.9. The minimum atomic E-state index is -1.16. The van der Waals surface area contributed by atoms with Crippen molar-refractivity contribution in [2.45, 2.75) is 19.4 Å². The zero-order valence-corrected chi connectivity index (χ0v) is 18.2. The summed E-state index contributed by atoms with van der Waals surface area (Å²) >= 11 is 0. The molecule has 0 spiro atoms. The molecule has 0 fully saturated rings. The Morgan fingerprint density at radius 2 is 1.74 bits per heavy atom. The fourth-order valence-electron chi connectivity index (χ4n) is 4.48. The van der Waals surface area contributed by atoms with Gasteiger partial charge >= 0.3 is 0 Å². The van der Waals surface area contributed by atoms with Gasteiger partial charge in [-0.1, -0.05) is 24.3 Å². The predicted octanol–water partition coefficient (Wildman–Crippen LogP) is 3.91. The van der Waals surface area contributed by atoms with Gasteiger partial charge in [0.1, 0.15) is 11.6 Å². The SMILES string of the molecule is CC(C(=O)Nc1ccc(N2CCc3ccccc32)cc1)N1C(=O)c2cccc([N+](=O)[O-])c2C1=O. The van der Waals surface area contributed by atoms with Crippen molar-refractivity contribution >= 4 is 40.5 Å². The van der Waals surface area contributed by atoms with E-state index >= 15 is 0 Å². The lowest BCUT2D eigenvalue weighted by atomic mass is 10.1. The van der Waals surface area contributed by atoms with E-state index in [4.69, 9.17) is 0 Å². The molecule has 0 radical (unpaired) electrons. The van der Waals surface area contributed by atoms with Gasteiger partial charge in [0.05, 0.1) is 10.5 Å². The highest BCUT2D eigenvalue weighted by Crippen LogP contribution is 2.35. The molecule has 0 aliphatic carbocycles. The summed E-state index contributed by atoms with van der Waals surface area (Å²) in [6, 6.07) is 18.2. The van der Waals surface area contributed by atoms with Gasteiger partial charge in [0.2, 0.25) is 5.91 Å². The molecule has 5 rings (SSSR count). The third kappa shape index (κ3) is 3.38. The van der Waals surface area contributed by atoms with E-state index in [1.165, 1.54) is 30.7 Å². The highest BCUT2D eigenvalue weighted by molar-refractivity contribution is 6.24. The van der Waals surface area contributed by atoms with Crippen molar-refractivity contribution in [2.75, 3.05) is 16.8 Å². The quantitative estimate of drug-likeness (QED) is 0.354. The first-order valence-electron chi connectivity index (χ1n) is 10.8. The van der Waals surface area contributed by atoms with E-state index in [0.29, 0.717) is 5.69 Å². The summed E-state index contributed by atoms with van der Waals surface area (Å²) in [5, 5.41) is 14.0. The van der Waals surface area contributed by atoms with E-state index in [9.17, 15) is 24.5 Å². The fraction of sp³-hybridized carbons (Fsp3) is 0.160. The van der Waals surface area contributed by atoms with Gasteiger partial charge in [-0.25, -0.2) is 0 Å².